The highest BCUT2D eigenvalue weighted by atomic mass is 19.4. The van der Waals surface area contributed by atoms with Gasteiger partial charge in [-0.05, 0) is 43.9 Å². The lowest BCUT2D eigenvalue weighted by molar-refractivity contribution is -0.275. The molecule has 6 nitrogen and oxygen atoms in total. The quantitative estimate of drug-likeness (QED) is 0.245. The first-order valence-corrected chi connectivity index (χ1v) is 12.6. The molecular formula is C28H26F6N4O2. The first kappa shape index (κ1) is 29.0. The van der Waals surface area contributed by atoms with Crippen LogP contribution in [0.25, 0.3) is 11.2 Å². The zero-order chi connectivity index (χ0) is 28.9. The third-order valence-electron chi connectivity index (χ3n) is 6.47. The number of benzene rings is 1. The number of halogens is 6. The number of nitrogens with zero attached hydrogens (tertiary/aromatic N) is 4. The summed E-state index contributed by atoms with van der Waals surface area (Å²) in [5.41, 5.74) is 1.23. The van der Waals surface area contributed by atoms with E-state index in [2.05, 4.69) is 19.7 Å². The van der Waals surface area contributed by atoms with Gasteiger partial charge >= 0.3 is 12.5 Å². The standard InChI is InChI=1S/C21H21F3N4O2.C7H5F3/c1-13-11-26-16-10-15(14-6-3-2-4-7-14)20(29)28(19(16)27-13)12-17-18(8-5-9-25-17)30-21(22,23)24;8-7(9,10)6-4-2-1-3-5-6/h5,8-11,14H,2-4,6-7,12H2,1H3;1-5H. The highest BCUT2D eigenvalue weighted by molar-refractivity contribution is 5.71. The van der Waals surface area contributed by atoms with E-state index in [-0.39, 0.29) is 23.7 Å². The van der Waals surface area contributed by atoms with Crippen LogP contribution in [0.5, 0.6) is 5.75 Å². The molecule has 1 fully saturated rings. The average molecular weight is 565 g/mol. The fraction of sp³-hybridized carbons (Fsp3) is 0.357. The summed E-state index contributed by atoms with van der Waals surface area (Å²) in [5.74, 6) is -0.326. The summed E-state index contributed by atoms with van der Waals surface area (Å²) < 4.78 is 79.3. The molecule has 0 amide bonds. The highest BCUT2D eigenvalue weighted by Gasteiger charge is 2.33. The van der Waals surface area contributed by atoms with Crippen LogP contribution in [0.2, 0.25) is 0 Å². The number of hydrogen-bond donors (Lipinski definition) is 0. The van der Waals surface area contributed by atoms with Gasteiger partial charge in [-0.2, -0.15) is 13.2 Å². The second-order valence-corrected chi connectivity index (χ2v) is 9.41. The number of hydrogen-bond acceptors (Lipinski definition) is 5. The Morgan fingerprint density at radius 3 is 2.27 bits per heavy atom. The first-order valence-electron chi connectivity index (χ1n) is 12.6. The molecule has 0 saturated heterocycles. The number of rotatable bonds is 4. The molecule has 0 spiro atoms. The summed E-state index contributed by atoms with van der Waals surface area (Å²) in [4.78, 5) is 26.3. The summed E-state index contributed by atoms with van der Waals surface area (Å²) >= 11 is 0. The van der Waals surface area contributed by atoms with Crippen LogP contribution < -0.4 is 10.3 Å². The summed E-state index contributed by atoms with van der Waals surface area (Å²) in [5, 5.41) is 0. The molecule has 0 bridgehead atoms. The smallest absolute Gasteiger partial charge is 0.404 e. The summed E-state index contributed by atoms with van der Waals surface area (Å²) in [6.45, 7) is 1.55. The molecule has 212 valence electrons. The average Bonchev–Trinajstić information content (AvgIpc) is 2.91. The minimum atomic E-state index is -4.86. The maximum Gasteiger partial charge on any atom is 0.573 e. The van der Waals surface area contributed by atoms with Crippen LogP contribution >= 0.6 is 0 Å². The molecule has 0 radical (unpaired) electrons. The Morgan fingerprint density at radius 1 is 0.950 bits per heavy atom. The van der Waals surface area contributed by atoms with Gasteiger partial charge in [-0.25, -0.2) is 4.98 Å². The molecule has 0 unspecified atom stereocenters. The molecule has 1 aromatic carbocycles. The number of aromatic nitrogens is 4. The van der Waals surface area contributed by atoms with Crippen LogP contribution in [-0.4, -0.2) is 25.9 Å². The van der Waals surface area contributed by atoms with E-state index < -0.39 is 23.9 Å². The second-order valence-electron chi connectivity index (χ2n) is 9.41. The van der Waals surface area contributed by atoms with Crippen LogP contribution in [0.4, 0.5) is 26.3 Å². The van der Waals surface area contributed by atoms with E-state index in [9.17, 15) is 31.1 Å². The largest absolute Gasteiger partial charge is 0.573 e. The van der Waals surface area contributed by atoms with Crippen molar-refractivity contribution in [2.45, 2.75) is 64.0 Å². The van der Waals surface area contributed by atoms with Gasteiger partial charge in [0.2, 0.25) is 0 Å². The van der Waals surface area contributed by atoms with Gasteiger partial charge in [0.05, 0.1) is 17.8 Å². The minimum absolute atomic E-state index is 0.00215. The fourth-order valence-corrected chi connectivity index (χ4v) is 4.62. The van der Waals surface area contributed by atoms with Crippen molar-refractivity contribution in [2.24, 2.45) is 0 Å². The molecule has 3 heterocycles. The van der Waals surface area contributed by atoms with Crippen molar-refractivity contribution in [1.82, 2.24) is 19.5 Å². The minimum Gasteiger partial charge on any atom is -0.404 e. The summed E-state index contributed by atoms with van der Waals surface area (Å²) in [7, 11) is 0. The van der Waals surface area contributed by atoms with Crippen molar-refractivity contribution in [1.29, 1.82) is 0 Å². The van der Waals surface area contributed by atoms with E-state index in [1.165, 1.54) is 35.0 Å². The van der Waals surface area contributed by atoms with Gasteiger partial charge in [0.25, 0.3) is 5.56 Å². The Bertz CT molecular complexity index is 1500. The maximum atomic E-state index is 13.4. The molecule has 4 aromatic rings. The van der Waals surface area contributed by atoms with Crippen molar-refractivity contribution >= 4 is 11.2 Å². The molecule has 40 heavy (non-hydrogen) atoms. The van der Waals surface area contributed by atoms with Gasteiger partial charge in [0.1, 0.15) is 11.2 Å². The molecule has 3 aromatic heterocycles. The van der Waals surface area contributed by atoms with Crippen molar-refractivity contribution in [3.8, 4) is 5.75 Å². The monoisotopic (exact) mass is 564 g/mol. The van der Waals surface area contributed by atoms with Gasteiger partial charge in [0.15, 0.2) is 11.4 Å². The van der Waals surface area contributed by atoms with E-state index in [0.717, 1.165) is 44.2 Å². The van der Waals surface area contributed by atoms with Gasteiger partial charge in [-0.3, -0.25) is 19.3 Å². The molecule has 1 saturated carbocycles. The number of alkyl halides is 6. The highest BCUT2D eigenvalue weighted by Crippen LogP contribution is 2.32. The third-order valence-corrected chi connectivity index (χ3v) is 6.47. The summed E-state index contributed by atoms with van der Waals surface area (Å²) in [6.07, 6.45) is -1.03. The van der Waals surface area contributed by atoms with Gasteiger partial charge in [0, 0.05) is 18.0 Å². The SMILES string of the molecule is Cc1cnc2cc(C3CCCCC3)c(=O)n(Cc3ncccc3OC(F)(F)F)c2n1.FC(F)(F)c1ccccc1. The van der Waals surface area contributed by atoms with Crippen molar-refractivity contribution in [3.05, 3.63) is 93.8 Å². The zero-order valence-corrected chi connectivity index (χ0v) is 21.5. The Balaban J connectivity index is 0.000000312. The molecule has 5 rings (SSSR count). The number of fused-ring (bicyclic) bond motifs is 1. The van der Waals surface area contributed by atoms with Crippen molar-refractivity contribution in [3.63, 3.8) is 0 Å². The molecule has 1 aliphatic carbocycles. The maximum absolute atomic E-state index is 13.4. The van der Waals surface area contributed by atoms with Crippen LogP contribution in [0.3, 0.4) is 0 Å². The lowest BCUT2D eigenvalue weighted by Gasteiger charge is -2.23. The zero-order valence-electron chi connectivity index (χ0n) is 21.5. The molecule has 1 aliphatic rings. The lowest BCUT2D eigenvalue weighted by Crippen LogP contribution is -2.29. The Hall–Kier alpha value is -3.96. The lowest BCUT2D eigenvalue weighted by atomic mass is 9.84. The van der Waals surface area contributed by atoms with E-state index in [4.69, 9.17) is 0 Å². The second kappa shape index (κ2) is 12.1. The van der Waals surface area contributed by atoms with Crippen LogP contribution in [0.1, 0.15) is 60.5 Å². The number of ether oxygens (including phenoxy) is 1. The predicted molar refractivity (Wildman–Crippen MR) is 136 cm³/mol. The Kier molecular flexibility index (Phi) is 8.75. The predicted octanol–water partition coefficient (Wildman–Crippen LogP) is 7.19. The fourth-order valence-electron chi connectivity index (χ4n) is 4.62. The Labute approximate surface area is 225 Å². The van der Waals surface area contributed by atoms with Crippen molar-refractivity contribution in [2.75, 3.05) is 0 Å². The van der Waals surface area contributed by atoms with E-state index >= 15 is 0 Å². The van der Waals surface area contributed by atoms with Crippen LogP contribution in [0, 0.1) is 6.92 Å². The van der Waals surface area contributed by atoms with Gasteiger partial charge in [-0.15, -0.1) is 13.2 Å². The normalized spacial score (nSPS) is 14.5. The first-order chi connectivity index (χ1) is 18.9. The molecule has 0 aliphatic heterocycles. The Morgan fingerprint density at radius 2 is 1.65 bits per heavy atom. The van der Waals surface area contributed by atoms with Crippen LogP contribution in [0.15, 0.2) is 65.7 Å². The molecule has 12 heteroatoms. The van der Waals surface area contributed by atoms with E-state index in [1.54, 1.807) is 25.3 Å². The number of pyridine rings is 2. The third kappa shape index (κ3) is 7.36. The van der Waals surface area contributed by atoms with Crippen LogP contribution in [-0.2, 0) is 12.7 Å². The van der Waals surface area contributed by atoms with E-state index in [0.29, 0.717) is 22.4 Å². The van der Waals surface area contributed by atoms with Gasteiger partial charge < -0.3 is 4.74 Å². The summed E-state index contributed by atoms with van der Waals surface area (Å²) in [6, 6.07) is 10.7. The molecular weight excluding hydrogens is 538 g/mol. The number of aryl methyl sites for hydroxylation is 1. The van der Waals surface area contributed by atoms with Gasteiger partial charge in [-0.1, -0.05) is 49.6 Å². The topological polar surface area (TPSA) is 69.9 Å². The van der Waals surface area contributed by atoms with Crippen molar-refractivity contribution < 1.29 is 31.1 Å². The van der Waals surface area contributed by atoms with E-state index in [1.807, 2.05) is 0 Å². The molecule has 0 atom stereocenters. The molecule has 0 N–H and O–H groups in total.